The largest absolute Gasteiger partial charge is 0.480 e. The van der Waals surface area contributed by atoms with E-state index in [0.29, 0.717) is 6.54 Å². The third kappa shape index (κ3) is 4.02. The SMILES string of the molecule is CC(C(=O)O)n1nccc1C(=O)NCCN1CCOCC1. The zero-order valence-electron chi connectivity index (χ0n) is 12.0. The Bertz CT molecular complexity index is 496. The highest BCUT2D eigenvalue weighted by Gasteiger charge is 2.21. The molecule has 1 unspecified atom stereocenters. The summed E-state index contributed by atoms with van der Waals surface area (Å²) in [6.07, 6.45) is 1.43. The molecule has 1 aliphatic heterocycles. The summed E-state index contributed by atoms with van der Waals surface area (Å²) in [5.41, 5.74) is 0.256. The lowest BCUT2D eigenvalue weighted by Gasteiger charge is -2.26. The van der Waals surface area contributed by atoms with E-state index in [1.807, 2.05) is 0 Å². The highest BCUT2D eigenvalue weighted by molar-refractivity contribution is 5.93. The van der Waals surface area contributed by atoms with Gasteiger partial charge in [-0.25, -0.2) is 9.48 Å². The van der Waals surface area contributed by atoms with E-state index in [0.717, 1.165) is 32.8 Å². The van der Waals surface area contributed by atoms with Crippen molar-refractivity contribution < 1.29 is 19.4 Å². The quantitative estimate of drug-likeness (QED) is 0.741. The lowest BCUT2D eigenvalue weighted by molar-refractivity contribution is -0.140. The van der Waals surface area contributed by atoms with Crippen molar-refractivity contribution >= 4 is 11.9 Å². The Morgan fingerprint density at radius 3 is 2.86 bits per heavy atom. The van der Waals surface area contributed by atoms with Gasteiger partial charge in [0.05, 0.1) is 13.2 Å². The van der Waals surface area contributed by atoms with E-state index >= 15 is 0 Å². The number of amides is 1. The second-order valence-corrected chi connectivity index (χ2v) is 4.89. The number of carboxylic acids is 1. The molecular weight excluding hydrogens is 276 g/mol. The van der Waals surface area contributed by atoms with Crippen LogP contribution >= 0.6 is 0 Å². The van der Waals surface area contributed by atoms with Gasteiger partial charge in [-0.3, -0.25) is 9.69 Å². The number of aromatic nitrogens is 2. The zero-order valence-corrected chi connectivity index (χ0v) is 12.0. The van der Waals surface area contributed by atoms with Crippen molar-refractivity contribution in [2.75, 3.05) is 39.4 Å². The van der Waals surface area contributed by atoms with Gasteiger partial charge in [0, 0.05) is 32.4 Å². The number of carbonyl (C=O) groups excluding carboxylic acids is 1. The molecule has 21 heavy (non-hydrogen) atoms. The number of ether oxygens (including phenoxy) is 1. The van der Waals surface area contributed by atoms with Gasteiger partial charge in [-0.15, -0.1) is 0 Å². The Hall–Kier alpha value is -1.93. The summed E-state index contributed by atoms with van der Waals surface area (Å²) in [4.78, 5) is 25.3. The summed E-state index contributed by atoms with van der Waals surface area (Å²) in [6, 6.07) is 0.642. The fourth-order valence-electron chi connectivity index (χ4n) is 2.15. The van der Waals surface area contributed by atoms with Gasteiger partial charge in [-0.2, -0.15) is 5.10 Å². The van der Waals surface area contributed by atoms with Gasteiger partial charge < -0.3 is 15.2 Å². The van der Waals surface area contributed by atoms with Crippen LogP contribution in [0.5, 0.6) is 0 Å². The van der Waals surface area contributed by atoms with E-state index in [9.17, 15) is 9.59 Å². The van der Waals surface area contributed by atoms with Gasteiger partial charge in [0.2, 0.25) is 0 Å². The lowest BCUT2D eigenvalue weighted by atomic mass is 10.3. The van der Waals surface area contributed by atoms with Crippen molar-refractivity contribution in [3.05, 3.63) is 18.0 Å². The van der Waals surface area contributed by atoms with Crippen LogP contribution in [-0.4, -0.2) is 71.1 Å². The first-order valence-corrected chi connectivity index (χ1v) is 6.94. The first-order valence-electron chi connectivity index (χ1n) is 6.94. The number of rotatable bonds is 6. The third-order valence-corrected chi connectivity index (χ3v) is 3.44. The van der Waals surface area contributed by atoms with Crippen LogP contribution in [0.1, 0.15) is 23.5 Å². The summed E-state index contributed by atoms with van der Waals surface area (Å²) >= 11 is 0. The summed E-state index contributed by atoms with van der Waals surface area (Å²) < 4.78 is 6.47. The Morgan fingerprint density at radius 1 is 1.48 bits per heavy atom. The molecule has 1 atom stereocenters. The third-order valence-electron chi connectivity index (χ3n) is 3.44. The second-order valence-electron chi connectivity index (χ2n) is 4.89. The van der Waals surface area contributed by atoms with Crippen LogP contribution in [-0.2, 0) is 9.53 Å². The molecule has 0 aromatic carbocycles. The van der Waals surface area contributed by atoms with Crippen LogP contribution in [0.4, 0.5) is 0 Å². The first kappa shape index (κ1) is 15.5. The molecule has 1 fully saturated rings. The van der Waals surface area contributed by atoms with Gasteiger partial charge in [0.25, 0.3) is 5.91 Å². The monoisotopic (exact) mass is 296 g/mol. The molecule has 2 heterocycles. The van der Waals surface area contributed by atoms with Gasteiger partial charge in [0.15, 0.2) is 0 Å². The Morgan fingerprint density at radius 2 is 2.19 bits per heavy atom. The fraction of sp³-hybridized carbons (Fsp3) is 0.615. The molecule has 0 aliphatic carbocycles. The standard InChI is InChI=1S/C13H20N4O4/c1-10(13(19)20)17-11(2-3-15-17)12(18)14-4-5-16-6-8-21-9-7-16/h2-3,10H,4-9H2,1H3,(H,14,18)(H,19,20). The number of carbonyl (C=O) groups is 2. The molecule has 0 radical (unpaired) electrons. The maximum atomic E-state index is 12.1. The van der Waals surface area contributed by atoms with Crippen molar-refractivity contribution in [2.45, 2.75) is 13.0 Å². The van der Waals surface area contributed by atoms with Crippen molar-refractivity contribution in [1.29, 1.82) is 0 Å². The molecule has 1 aliphatic rings. The molecule has 1 aromatic rings. The molecule has 0 spiro atoms. The molecule has 8 nitrogen and oxygen atoms in total. The van der Waals surface area contributed by atoms with Crippen LogP contribution in [0.25, 0.3) is 0 Å². The predicted octanol–water partition coefficient (Wildman–Crippen LogP) is -0.409. The van der Waals surface area contributed by atoms with Gasteiger partial charge >= 0.3 is 5.97 Å². The number of nitrogens with one attached hydrogen (secondary N) is 1. The van der Waals surface area contributed by atoms with E-state index in [4.69, 9.17) is 9.84 Å². The number of carboxylic acid groups (broad SMARTS) is 1. The van der Waals surface area contributed by atoms with Gasteiger partial charge in [0.1, 0.15) is 11.7 Å². The van der Waals surface area contributed by atoms with Crippen molar-refractivity contribution in [3.8, 4) is 0 Å². The molecule has 2 rings (SSSR count). The Kier molecular flexibility index (Phi) is 5.29. The fourth-order valence-corrected chi connectivity index (χ4v) is 2.15. The van der Waals surface area contributed by atoms with Crippen LogP contribution in [0.3, 0.4) is 0 Å². The van der Waals surface area contributed by atoms with Crippen molar-refractivity contribution in [2.24, 2.45) is 0 Å². The minimum atomic E-state index is -1.03. The van der Waals surface area contributed by atoms with Crippen LogP contribution in [0.15, 0.2) is 12.3 Å². The first-order chi connectivity index (χ1) is 10.1. The number of aliphatic carboxylic acids is 1. The number of hydrogen-bond acceptors (Lipinski definition) is 5. The van der Waals surface area contributed by atoms with Crippen molar-refractivity contribution in [3.63, 3.8) is 0 Å². The van der Waals surface area contributed by atoms with Crippen LogP contribution in [0.2, 0.25) is 0 Å². The molecule has 8 heteroatoms. The predicted molar refractivity (Wildman–Crippen MR) is 74.2 cm³/mol. The van der Waals surface area contributed by atoms with E-state index in [1.165, 1.54) is 23.9 Å². The van der Waals surface area contributed by atoms with Crippen LogP contribution < -0.4 is 5.32 Å². The number of nitrogens with zero attached hydrogens (tertiary/aromatic N) is 3. The maximum Gasteiger partial charge on any atom is 0.328 e. The highest BCUT2D eigenvalue weighted by Crippen LogP contribution is 2.09. The molecule has 2 N–H and O–H groups in total. The second kappa shape index (κ2) is 7.19. The number of morpholine rings is 1. The smallest absolute Gasteiger partial charge is 0.328 e. The molecule has 1 aromatic heterocycles. The zero-order chi connectivity index (χ0) is 15.2. The van der Waals surface area contributed by atoms with Gasteiger partial charge in [-0.05, 0) is 13.0 Å². The lowest BCUT2D eigenvalue weighted by Crippen LogP contribution is -2.41. The maximum absolute atomic E-state index is 12.1. The minimum Gasteiger partial charge on any atom is -0.480 e. The summed E-state index contributed by atoms with van der Waals surface area (Å²) in [7, 11) is 0. The van der Waals surface area contributed by atoms with Gasteiger partial charge in [-0.1, -0.05) is 0 Å². The van der Waals surface area contributed by atoms with E-state index in [2.05, 4.69) is 15.3 Å². The van der Waals surface area contributed by atoms with Crippen LogP contribution in [0, 0.1) is 0 Å². The van der Waals surface area contributed by atoms with E-state index in [-0.39, 0.29) is 11.6 Å². The topological polar surface area (TPSA) is 96.7 Å². The number of hydrogen-bond donors (Lipinski definition) is 2. The molecule has 0 bridgehead atoms. The van der Waals surface area contributed by atoms with Crippen molar-refractivity contribution in [1.82, 2.24) is 20.0 Å². The minimum absolute atomic E-state index is 0.256. The summed E-state index contributed by atoms with van der Waals surface area (Å²) in [5.74, 6) is -1.34. The van der Waals surface area contributed by atoms with E-state index < -0.39 is 12.0 Å². The average Bonchev–Trinajstić information content (AvgIpc) is 2.96. The molecule has 1 saturated heterocycles. The highest BCUT2D eigenvalue weighted by atomic mass is 16.5. The summed E-state index contributed by atoms with van der Waals surface area (Å²) in [5, 5.41) is 15.7. The normalized spacial score (nSPS) is 17.4. The molecular formula is C13H20N4O4. The summed E-state index contributed by atoms with van der Waals surface area (Å²) in [6.45, 7) is 5.91. The Labute approximate surface area is 122 Å². The van der Waals surface area contributed by atoms with E-state index in [1.54, 1.807) is 0 Å². The molecule has 0 saturated carbocycles. The molecule has 116 valence electrons. The average molecular weight is 296 g/mol. The Balaban J connectivity index is 1.86. The molecule has 1 amide bonds.